The lowest BCUT2D eigenvalue weighted by Crippen LogP contribution is -2.30. The van der Waals surface area contributed by atoms with Crippen molar-refractivity contribution in [3.63, 3.8) is 0 Å². The third kappa shape index (κ3) is 3.60. The molecule has 0 unspecified atom stereocenters. The molecule has 0 saturated carbocycles. The predicted molar refractivity (Wildman–Crippen MR) is 86.3 cm³/mol. The minimum Gasteiger partial charge on any atom is -0.353 e. The molecular weight excluding hydrogens is 246 g/mol. The molecule has 3 nitrogen and oxygen atoms in total. The van der Waals surface area contributed by atoms with Gasteiger partial charge in [-0.15, -0.1) is 0 Å². The van der Waals surface area contributed by atoms with Gasteiger partial charge in [-0.25, -0.2) is 4.98 Å². The lowest BCUT2D eigenvalue weighted by molar-refractivity contribution is 0.565. The Labute approximate surface area is 123 Å². The van der Waals surface area contributed by atoms with Crippen LogP contribution >= 0.6 is 0 Å². The number of aromatic nitrogens is 1. The molecule has 1 aliphatic heterocycles. The van der Waals surface area contributed by atoms with Crippen molar-refractivity contribution < 1.29 is 0 Å². The molecule has 2 rings (SSSR count). The van der Waals surface area contributed by atoms with Crippen LogP contribution in [0.2, 0.25) is 0 Å². The number of nitrogens with zero attached hydrogens (tertiary/aromatic N) is 2. The van der Waals surface area contributed by atoms with E-state index >= 15 is 0 Å². The Morgan fingerprint density at radius 3 is 2.60 bits per heavy atom. The van der Waals surface area contributed by atoms with Gasteiger partial charge in [-0.3, -0.25) is 0 Å². The van der Waals surface area contributed by atoms with Gasteiger partial charge in [0.2, 0.25) is 0 Å². The van der Waals surface area contributed by atoms with Gasteiger partial charge in [-0.1, -0.05) is 32.4 Å². The third-order valence-corrected chi connectivity index (χ3v) is 3.78. The Morgan fingerprint density at radius 2 is 2.05 bits per heavy atom. The van der Waals surface area contributed by atoms with Gasteiger partial charge in [0.15, 0.2) is 0 Å². The lowest BCUT2D eigenvalue weighted by atomic mass is 9.90. The zero-order valence-electron chi connectivity index (χ0n) is 13.5. The second kappa shape index (κ2) is 5.96. The quantitative estimate of drug-likeness (QED) is 0.857. The highest BCUT2D eigenvalue weighted by molar-refractivity contribution is 5.45. The first-order chi connectivity index (χ1) is 9.40. The first-order valence-corrected chi connectivity index (χ1v) is 7.47. The molecule has 1 aromatic rings. The van der Waals surface area contributed by atoms with E-state index < -0.39 is 0 Å². The molecule has 0 spiro atoms. The minimum atomic E-state index is 0.0834. The molecule has 0 radical (unpaired) electrons. The molecule has 20 heavy (non-hydrogen) atoms. The number of hydrogen-bond acceptors (Lipinski definition) is 3. The number of hydrogen-bond donors (Lipinski definition) is 1. The maximum absolute atomic E-state index is 4.90. The highest BCUT2D eigenvalue weighted by Crippen LogP contribution is 2.26. The molecule has 0 aromatic carbocycles. The van der Waals surface area contributed by atoms with Crippen molar-refractivity contribution in [3.8, 4) is 0 Å². The zero-order valence-corrected chi connectivity index (χ0v) is 13.5. The summed E-state index contributed by atoms with van der Waals surface area (Å²) < 4.78 is 0. The van der Waals surface area contributed by atoms with Crippen LogP contribution in [0.5, 0.6) is 0 Å². The summed E-state index contributed by atoms with van der Waals surface area (Å²) in [7, 11) is 1.99. The summed E-state index contributed by atoms with van der Waals surface area (Å²) in [5.74, 6) is 1.12. The molecule has 0 bridgehead atoms. The summed E-state index contributed by atoms with van der Waals surface area (Å²) >= 11 is 0. The number of anilines is 1. The average Bonchev–Trinajstić information content (AvgIpc) is 2.38. The Kier molecular flexibility index (Phi) is 4.48. The molecule has 2 heterocycles. The minimum absolute atomic E-state index is 0.0834. The summed E-state index contributed by atoms with van der Waals surface area (Å²) in [5, 5.41) is 3.24. The molecule has 3 heteroatoms. The zero-order chi connectivity index (χ0) is 14.8. The molecular formula is C17H27N3. The van der Waals surface area contributed by atoms with Crippen molar-refractivity contribution in [1.82, 2.24) is 10.3 Å². The molecule has 0 saturated heterocycles. The summed E-state index contributed by atoms with van der Waals surface area (Å²) in [4.78, 5) is 7.28. The molecule has 0 aliphatic carbocycles. The normalized spacial score (nSPS) is 16.2. The standard InChI is InChI=1S/C17H27N3/c1-13-6-8-20(9-7-13)16-11-14(12-18-5)10-15(19-16)17(2,3)4/h6,10-11,18H,7-9,12H2,1-5H3. The van der Waals surface area contributed by atoms with E-state index in [0.717, 1.165) is 31.9 Å². The van der Waals surface area contributed by atoms with E-state index in [0.29, 0.717) is 0 Å². The topological polar surface area (TPSA) is 28.2 Å². The highest BCUT2D eigenvalue weighted by Gasteiger charge is 2.19. The maximum Gasteiger partial charge on any atom is 0.129 e. The van der Waals surface area contributed by atoms with E-state index in [9.17, 15) is 0 Å². The van der Waals surface area contributed by atoms with Crippen LogP contribution in [0.25, 0.3) is 0 Å². The average molecular weight is 273 g/mol. The fourth-order valence-electron chi connectivity index (χ4n) is 2.40. The molecule has 0 amide bonds. The van der Waals surface area contributed by atoms with E-state index in [4.69, 9.17) is 4.98 Å². The van der Waals surface area contributed by atoms with Gasteiger partial charge in [-0.05, 0) is 38.1 Å². The van der Waals surface area contributed by atoms with Crippen molar-refractivity contribution >= 4 is 5.82 Å². The van der Waals surface area contributed by atoms with Crippen LogP contribution in [0.4, 0.5) is 5.82 Å². The van der Waals surface area contributed by atoms with E-state index in [-0.39, 0.29) is 5.41 Å². The van der Waals surface area contributed by atoms with Crippen LogP contribution in [-0.2, 0) is 12.0 Å². The van der Waals surface area contributed by atoms with Gasteiger partial charge in [0.1, 0.15) is 5.82 Å². The van der Waals surface area contributed by atoms with Gasteiger partial charge in [0.05, 0.1) is 0 Å². The van der Waals surface area contributed by atoms with Crippen molar-refractivity contribution in [1.29, 1.82) is 0 Å². The first-order valence-electron chi connectivity index (χ1n) is 7.47. The first kappa shape index (κ1) is 15.0. The molecule has 110 valence electrons. The largest absolute Gasteiger partial charge is 0.353 e. The van der Waals surface area contributed by atoms with Crippen LogP contribution in [0.15, 0.2) is 23.8 Å². The Balaban J connectivity index is 2.34. The number of pyridine rings is 1. The summed E-state index contributed by atoms with van der Waals surface area (Å²) in [5.41, 5.74) is 4.06. The summed E-state index contributed by atoms with van der Waals surface area (Å²) in [6, 6.07) is 4.45. The van der Waals surface area contributed by atoms with E-state index in [1.165, 1.54) is 16.8 Å². The van der Waals surface area contributed by atoms with Gasteiger partial charge in [-0.2, -0.15) is 0 Å². The SMILES string of the molecule is CNCc1cc(N2CC=C(C)CC2)nc(C(C)(C)C)c1. The number of nitrogens with one attached hydrogen (secondary N) is 1. The molecule has 1 aromatic heterocycles. The Bertz CT molecular complexity index is 497. The lowest BCUT2D eigenvalue weighted by Gasteiger charge is -2.29. The molecule has 0 atom stereocenters. The van der Waals surface area contributed by atoms with Gasteiger partial charge in [0, 0.05) is 30.7 Å². The number of rotatable bonds is 3. The second-order valence-electron chi connectivity index (χ2n) is 6.75. The third-order valence-electron chi connectivity index (χ3n) is 3.78. The van der Waals surface area contributed by atoms with Crippen molar-refractivity contribution in [2.24, 2.45) is 0 Å². The van der Waals surface area contributed by atoms with Crippen LogP contribution in [0, 0.1) is 0 Å². The van der Waals surface area contributed by atoms with Crippen LogP contribution < -0.4 is 10.2 Å². The summed E-state index contributed by atoms with van der Waals surface area (Å²) in [6.07, 6.45) is 3.45. The molecule has 0 fully saturated rings. The fraction of sp³-hybridized carbons (Fsp3) is 0.588. The maximum atomic E-state index is 4.90. The fourth-order valence-corrected chi connectivity index (χ4v) is 2.40. The van der Waals surface area contributed by atoms with Crippen LogP contribution in [-0.4, -0.2) is 25.1 Å². The predicted octanol–water partition coefficient (Wildman–Crippen LogP) is 3.25. The Morgan fingerprint density at radius 1 is 1.30 bits per heavy atom. The van der Waals surface area contributed by atoms with Crippen molar-refractivity contribution in [2.75, 3.05) is 25.0 Å². The van der Waals surface area contributed by atoms with Gasteiger partial charge >= 0.3 is 0 Å². The molecule has 1 N–H and O–H groups in total. The smallest absolute Gasteiger partial charge is 0.129 e. The van der Waals surface area contributed by atoms with Gasteiger partial charge < -0.3 is 10.2 Å². The van der Waals surface area contributed by atoms with Crippen LogP contribution in [0.3, 0.4) is 0 Å². The van der Waals surface area contributed by atoms with E-state index in [1.807, 2.05) is 7.05 Å². The van der Waals surface area contributed by atoms with E-state index in [2.05, 4.69) is 56.1 Å². The van der Waals surface area contributed by atoms with Crippen molar-refractivity contribution in [3.05, 3.63) is 35.0 Å². The highest BCUT2D eigenvalue weighted by atomic mass is 15.2. The van der Waals surface area contributed by atoms with Gasteiger partial charge in [0.25, 0.3) is 0 Å². The molecule has 1 aliphatic rings. The second-order valence-corrected chi connectivity index (χ2v) is 6.75. The monoisotopic (exact) mass is 273 g/mol. The van der Waals surface area contributed by atoms with E-state index in [1.54, 1.807) is 0 Å². The summed E-state index contributed by atoms with van der Waals surface area (Å²) in [6.45, 7) is 11.8. The Hall–Kier alpha value is -1.35. The van der Waals surface area contributed by atoms with Crippen molar-refractivity contribution in [2.45, 2.75) is 46.1 Å². The van der Waals surface area contributed by atoms with Crippen LogP contribution in [0.1, 0.15) is 45.4 Å².